The van der Waals surface area contributed by atoms with Gasteiger partial charge in [0.15, 0.2) is 6.04 Å². The number of hydrogen-bond acceptors (Lipinski definition) is 3. The molecule has 0 amide bonds. The molecule has 2 aromatic rings. The summed E-state index contributed by atoms with van der Waals surface area (Å²) < 4.78 is 68.2. The number of rotatable bonds is 6. The van der Waals surface area contributed by atoms with Gasteiger partial charge in [0, 0.05) is 37.5 Å². The maximum atomic E-state index is 14.3. The molecule has 11 heteroatoms. The van der Waals surface area contributed by atoms with Gasteiger partial charge in [-0.05, 0) is 18.1 Å². The first kappa shape index (κ1) is 22.0. The van der Waals surface area contributed by atoms with Gasteiger partial charge in [0.1, 0.15) is 19.8 Å². The second kappa shape index (κ2) is 8.21. The normalized spacial score (nSPS) is 16.3. The standard InChI is InChI=1S/C19H18BF5N2O3/c20-11-1-2-15(22)13(5-11)17(18(29)30)27-7-10(3-4-26-8-12(21)9-26)14(6-16(27)28)19(23,24)25/h1-2,5-7,12,17H,3-4,8-9,20H2,(H,29,30). The molecule has 5 nitrogen and oxygen atoms in total. The number of aliphatic carboxylic acids is 1. The van der Waals surface area contributed by atoms with E-state index in [4.69, 9.17) is 0 Å². The third-order valence-corrected chi connectivity index (χ3v) is 5.04. The Morgan fingerprint density at radius 2 is 1.93 bits per heavy atom. The van der Waals surface area contributed by atoms with E-state index in [9.17, 15) is 36.6 Å². The molecule has 0 bridgehead atoms. The van der Waals surface area contributed by atoms with Crippen molar-refractivity contribution < 1.29 is 31.9 Å². The lowest BCUT2D eigenvalue weighted by atomic mass is 9.91. The van der Waals surface area contributed by atoms with Crippen LogP contribution in [0.3, 0.4) is 0 Å². The Kier molecular flexibility index (Phi) is 6.03. The van der Waals surface area contributed by atoms with Crippen molar-refractivity contribution in [1.29, 1.82) is 0 Å². The first-order valence-electron chi connectivity index (χ1n) is 9.15. The van der Waals surface area contributed by atoms with Gasteiger partial charge in [0.2, 0.25) is 0 Å². The third kappa shape index (κ3) is 4.56. The van der Waals surface area contributed by atoms with Crippen molar-refractivity contribution in [2.45, 2.75) is 24.8 Å². The summed E-state index contributed by atoms with van der Waals surface area (Å²) in [5.74, 6) is -2.48. The number of pyridine rings is 1. The molecular weight excluding hydrogens is 410 g/mol. The van der Waals surface area contributed by atoms with Crippen LogP contribution in [0.5, 0.6) is 0 Å². The van der Waals surface area contributed by atoms with Crippen molar-refractivity contribution >= 4 is 19.3 Å². The van der Waals surface area contributed by atoms with Crippen LogP contribution < -0.4 is 11.0 Å². The number of nitrogens with zero attached hydrogens (tertiary/aromatic N) is 2. The molecule has 0 saturated carbocycles. The number of likely N-dealkylation sites (tertiary alicyclic amines) is 1. The third-order valence-electron chi connectivity index (χ3n) is 5.04. The van der Waals surface area contributed by atoms with E-state index in [1.54, 1.807) is 12.7 Å². The molecule has 1 aromatic heterocycles. The van der Waals surface area contributed by atoms with Gasteiger partial charge in [-0.25, -0.2) is 13.6 Å². The zero-order chi connectivity index (χ0) is 22.2. The molecule has 1 aliphatic heterocycles. The Bertz CT molecular complexity index is 1020. The van der Waals surface area contributed by atoms with Crippen molar-refractivity contribution in [3.8, 4) is 0 Å². The summed E-state index contributed by atoms with van der Waals surface area (Å²) >= 11 is 0. The Labute approximate surface area is 169 Å². The molecular formula is C19H18BF5N2O3. The molecule has 30 heavy (non-hydrogen) atoms. The summed E-state index contributed by atoms with van der Waals surface area (Å²) in [6, 6.07) is 2.17. The number of carboxylic acid groups (broad SMARTS) is 1. The van der Waals surface area contributed by atoms with Crippen LogP contribution in [0.4, 0.5) is 22.0 Å². The highest BCUT2D eigenvalue weighted by atomic mass is 19.4. The predicted octanol–water partition coefficient (Wildman–Crippen LogP) is 1.13. The van der Waals surface area contributed by atoms with Crippen LogP contribution in [0.25, 0.3) is 0 Å². The number of hydrogen-bond donors (Lipinski definition) is 1. The largest absolute Gasteiger partial charge is 0.479 e. The first-order valence-corrected chi connectivity index (χ1v) is 9.15. The fraction of sp³-hybridized carbons (Fsp3) is 0.368. The van der Waals surface area contributed by atoms with Gasteiger partial charge in [-0.2, -0.15) is 13.2 Å². The molecule has 1 fully saturated rings. The average molecular weight is 428 g/mol. The van der Waals surface area contributed by atoms with Crippen LogP contribution in [0.1, 0.15) is 22.7 Å². The molecule has 3 rings (SSSR count). The predicted molar refractivity (Wildman–Crippen MR) is 101 cm³/mol. The van der Waals surface area contributed by atoms with Crippen LogP contribution in [0.15, 0.2) is 35.3 Å². The lowest BCUT2D eigenvalue weighted by Crippen LogP contribution is -2.49. The highest BCUT2D eigenvalue weighted by Crippen LogP contribution is 2.32. The second-order valence-electron chi connectivity index (χ2n) is 7.33. The first-order chi connectivity index (χ1) is 14.0. The Hall–Kier alpha value is -2.69. The minimum atomic E-state index is -4.83. The zero-order valence-corrected chi connectivity index (χ0v) is 15.9. The second-order valence-corrected chi connectivity index (χ2v) is 7.33. The number of carboxylic acids is 1. The summed E-state index contributed by atoms with van der Waals surface area (Å²) in [7, 11) is 1.59. The van der Waals surface area contributed by atoms with Gasteiger partial charge in [-0.1, -0.05) is 17.6 Å². The van der Waals surface area contributed by atoms with E-state index in [0.29, 0.717) is 16.1 Å². The van der Waals surface area contributed by atoms with Gasteiger partial charge >= 0.3 is 12.1 Å². The minimum Gasteiger partial charge on any atom is -0.479 e. The maximum absolute atomic E-state index is 14.3. The summed E-state index contributed by atoms with van der Waals surface area (Å²) in [4.78, 5) is 25.9. The molecule has 0 radical (unpaired) electrons. The van der Waals surface area contributed by atoms with E-state index >= 15 is 0 Å². The number of carbonyl (C=O) groups is 1. The van der Waals surface area contributed by atoms with E-state index in [0.717, 1.165) is 12.3 Å². The molecule has 1 aromatic carbocycles. The SMILES string of the molecule is Bc1ccc(F)c(C(C(=O)O)n2cc(CCN3CC(F)C3)c(C(F)(F)F)cc2=O)c1. The van der Waals surface area contributed by atoms with Crippen molar-refractivity contribution in [3.63, 3.8) is 0 Å². The fourth-order valence-electron chi connectivity index (χ4n) is 3.50. The summed E-state index contributed by atoms with van der Waals surface area (Å²) in [6.45, 7) is 0.318. The van der Waals surface area contributed by atoms with E-state index in [2.05, 4.69) is 0 Å². The molecule has 0 aliphatic carbocycles. The summed E-state index contributed by atoms with van der Waals surface area (Å²) in [5.41, 5.74) is -2.53. The highest BCUT2D eigenvalue weighted by molar-refractivity contribution is 6.32. The van der Waals surface area contributed by atoms with Crippen LogP contribution in [0.2, 0.25) is 0 Å². The van der Waals surface area contributed by atoms with Gasteiger partial charge < -0.3 is 5.11 Å². The van der Waals surface area contributed by atoms with Gasteiger partial charge in [-0.3, -0.25) is 14.3 Å². The van der Waals surface area contributed by atoms with E-state index < -0.39 is 41.3 Å². The molecule has 1 aliphatic rings. The fourth-order valence-corrected chi connectivity index (χ4v) is 3.50. The molecule has 1 N–H and O–H groups in total. The quantitative estimate of drug-likeness (QED) is 0.554. The molecule has 2 heterocycles. The summed E-state index contributed by atoms with van der Waals surface area (Å²) in [6.07, 6.45) is -5.22. The van der Waals surface area contributed by atoms with Gasteiger partial charge in [0.25, 0.3) is 5.56 Å². The molecule has 1 atom stereocenters. The van der Waals surface area contributed by atoms with E-state index in [-0.39, 0.29) is 37.2 Å². The smallest absolute Gasteiger partial charge is 0.416 e. The van der Waals surface area contributed by atoms with Crippen LogP contribution >= 0.6 is 0 Å². The van der Waals surface area contributed by atoms with Crippen molar-refractivity contribution in [2.75, 3.05) is 19.6 Å². The van der Waals surface area contributed by atoms with Crippen molar-refractivity contribution in [2.24, 2.45) is 0 Å². The number of halogens is 5. The van der Waals surface area contributed by atoms with E-state index in [1.165, 1.54) is 12.1 Å². The van der Waals surface area contributed by atoms with E-state index in [1.807, 2.05) is 0 Å². The van der Waals surface area contributed by atoms with Gasteiger partial charge in [0.05, 0.1) is 5.56 Å². The average Bonchev–Trinajstić information content (AvgIpc) is 2.61. The Morgan fingerprint density at radius 1 is 1.27 bits per heavy atom. The topological polar surface area (TPSA) is 62.5 Å². The molecule has 160 valence electrons. The van der Waals surface area contributed by atoms with Gasteiger partial charge in [-0.15, -0.1) is 0 Å². The van der Waals surface area contributed by atoms with Crippen LogP contribution in [-0.2, 0) is 17.4 Å². The molecule has 0 spiro atoms. The Balaban J connectivity index is 2.08. The van der Waals surface area contributed by atoms with Crippen LogP contribution in [-0.4, -0.2) is 54.2 Å². The van der Waals surface area contributed by atoms with Crippen molar-refractivity contribution in [3.05, 3.63) is 63.3 Å². The number of benzene rings is 1. The monoisotopic (exact) mass is 428 g/mol. The number of alkyl halides is 4. The molecule has 1 saturated heterocycles. The van der Waals surface area contributed by atoms with Crippen molar-refractivity contribution in [1.82, 2.24) is 9.47 Å². The lowest BCUT2D eigenvalue weighted by Gasteiger charge is -2.34. The zero-order valence-electron chi connectivity index (χ0n) is 15.9. The number of aromatic nitrogens is 1. The summed E-state index contributed by atoms with van der Waals surface area (Å²) in [5, 5.41) is 9.64. The molecule has 1 unspecified atom stereocenters. The Morgan fingerprint density at radius 3 is 2.50 bits per heavy atom. The van der Waals surface area contributed by atoms with Crippen LogP contribution in [0, 0.1) is 5.82 Å². The minimum absolute atomic E-state index is 0.104. The highest BCUT2D eigenvalue weighted by Gasteiger charge is 2.36. The maximum Gasteiger partial charge on any atom is 0.416 e. The lowest BCUT2D eigenvalue weighted by molar-refractivity contribution is -0.139.